The van der Waals surface area contributed by atoms with Crippen LogP contribution in [0.1, 0.15) is 18.4 Å². The van der Waals surface area contributed by atoms with Gasteiger partial charge < -0.3 is 10.6 Å². The predicted octanol–water partition coefficient (Wildman–Crippen LogP) is 1.99. The van der Waals surface area contributed by atoms with E-state index in [0.717, 1.165) is 5.56 Å². The van der Waals surface area contributed by atoms with E-state index in [1.807, 2.05) is 6.07 Å². The maximum absolute atomic E-state index is 13.3. The molecular weight excluding hydrogens is 223 g/mol. The van der Waals surface area contributed by atoms with Crippen LogP contribution in [0.2, 0.25) is 0 Å². The van der Waals surface area contributed by atoms with E-state index in [0.29, 0.717) is 24.1 Å². The first-order chi connectivity index (χ1) is 7.75. The monoisotopic (exact) mass is 238 g/mol. The Balaban J connectivity index is 1.70. The fourth-order valence-electron chi connectivity index (χ4n) is 1.48. The molecule has 1 aliphatic rings. The van der Waals surface area contributed by atoms with Crippen molar-refractivity contribution < 1.29 is 4.39 Å². The molecule has 1 aliphatic carbocycles. The number of nitrogens with one attached hydrogen (secondary N) is 2. The number of hydrogen-bond acceptors (Lipinski definition) is 1. The topological polar surface area (TPSA) is 24.1 Å². The van der Waals surface area contributed by atoms with Gasteiger partial charge in [0.15, 0.2) is 5.11 Å². The van der Waals surface area contributed by atoms with Gasteiger partial charge in [0.25, 0.3) is 0 Å². The van der Waals surface area contributed by atoms with Gasteiger partial charge in [-0.15, -0.1) is 0 Å². The quantitative estimate of drug-likeness (QED) is 0.785. The van der Waals surface area contributed by atoms with E-state index in [1.54, 1.807) is 12.1 Å². The summed E-state index contributed by atoms with van der Waals surface area (Å²) in [6, 6.07) is 7.39. The van der Waals surface area contributed by atoms with Crippen LogP contribution in [0.15, 0.2) is 24.3 Å². The molecule has 0 aliphatic heterocycles. The van der Waals surface area contributed by atoms with Gasteiger partial charge >= 0.3 is 0 Å². The summed E-state index contributed by atoms with van der Waals surface area (Å²) in [4.78, 5) is 0. The summed E-state index contributed by atoms with van der Waals surface area (Å²) in [6.45, 7) is 0.666. The summed E-state index contributed by atoms with van der Waals surface area (Å²) < 4.78 is 13.3. The lowest BCUT2D eigenvalue weighted by molar-refractivity contribution is 0.607. The van der Waals surface area contributed by atoms with Crippen LogP contribution in [-0.4, -0.2) is 17.7 Å². The highest BCUT2D eigenvalue weighted by atomic mass is 32.1. The van der Waals surface area contributed by atoms with Crippen molar-refractivity contribution >= 4 is 17.3 Å². The average molecular weight is 238 g/mol. The molecule has 0 spiro atoms. The van der Waals surface area contributed by atoms with Gasteiger partial charge in [-0.25, -0.2) is 4.39 Å². The maximum Gasteiger partial charge on any atom is 0.166 e. The molecule has 2 N–H and O–H groups in total. The molecule has 0 radical (unpaired) electrons. The van der Waals surface area contributed by atoms with Gasteiger partial charge in [-0.05, 0) is 43.1 Å². The normalized spacial score (nSPS) is 14.6. The molecule has 2 rings (SSSR count). The zero-order chi connectivity index (χ0) is 11.4. The van der Waals surface area contributed by atoms with Gasteiger partial charge in [-0.3, -0.25) is 0 Å². The maximum atomic E-state index is 13.3. The summed E-state index contributed by atoms with van der Waals surface area (Å²) in [6.07, 6.45) is 3.06. The van der Waals surface area contributed by atoms with E-state index in [-0.39, 0.29) is 5.82 Å². The largest absolute Gasteiger partial charge is 0.362 e. The Bertz CT molecular complexity index is 377. The molecule has 0 saturated heterocycles. The van der Waals surface area contributed by atoms with Crippen LogP contribution in [0.3, 0.4) is 0 Å². The molecular formula is C12H15FN2S. The Labute approximate surface area is 100 Å². The minimum absolute atomic E-state index is 0.148. The highest BCUT2D eigenvalue weighted by molar-refractivity contribution is 7.80. The van der Waals surface area contributed by atoms with Crippen molar-refractivity contribution in [1.82, 2.24) is 10.6 Å². The second-order valence-corrected chi connectivity index (χ2v) is 4.42. The Morgan fingerprint density at radius 1 is 1.38 bits per heavy atom. The van der Waals surface area contributed by atoms with Crippen molar-refractivity contribution in [3.8, 4) is 0 Å². The van der Waals surface area contributed by atoms with Crippen LogP contribution in [-0.2, 0) is 6.42 Å². The number of rotatable bonds is 4. The lowest BCUT2D eigenvalue weighted by Gasteiger charge is -2.09. The molecule has 0 aromatic heterocycles. The molecule has 1 aromatic carbocycles. The van der Waals surface area contributed by atoms with E-state index in [4.69, 9.17) is 12.2 Å². The summed E-state index contributed by atoms with van der Waals surface area (Å²) >= 11 is 5.10. The van der Waals surface area contributed by atoms with Gasteiger partial charge in [-0.1, -0.05) is 18.2 Å². The van der Waals surface area contributed by atoms with Gasteiger partial charge in [0.2, 0.25) is 0 Å². The number of benzene rings is 1. The summed E-state index contributed by atoms with van der Waals surface area (Å²) in [5.74, 6) is -0.148. The third kappa shape index (κ3) is 3.45. The summed E-state index contributed by atoms with van der Waals surface area (Å²) in [7, 11) is 0. The van der Waals surface area contributed by atoms with Crippen molar-refractivity contribution in [1.29, 1.82) is 0 Å². The first-order valence-electron chi connectivity index (χ1n) is 5.53. The fraction of sp³-hybridized carbons (Fsp3) is 0.417. The molecule has 1 aromatic rings. The lowest BCUT2D eigenvalue weighted by atomic mass is 10.1. The molecule has 4 heteroatoms. The van der Waals surface area contributed by atoms with E-state index < -0.39 is 0 Å². The van der Waals surface area contributed by atoms with E-state index in [9.17, 15) is 4.39 Å². The van der Waals surface area contributed by atoms with Crippen molar-refractivity contribution in [2.45, 2.75) is 25.3 Å². The molecule has 0 unspecified atom stereocenters. The van der Waals surface area contributed by atoms with Gasteiger partial charge in [-0.2, -0.15) is 0 Å². The highest BCUT2D eigenvalue weighted by Crippen LogP contribution is 2.18. The molecule has 0 atom stereocenters. The minimum atomic E-state index is -0.148. The fourth-order valence-corrected chi connectivity index (χ4v) is 1.74. The summed E-state index contributed by atoms with van der Waals surface area (Å²) in [5.41, 5.74) is 0.726. The Hall–Kier alpha value is -1.16. The van der Waals surface area contributed by atoms with Crippen molar-refractivity contribution in [2.24, 2.45) is 0 Å². The molecule has 86 valence electrons. The number of halogens is 1. The smallest absolute Gasteiger partial charge is 0.166 e. The van der Waals surface area contributed by atoms with Gasteiger partial charge in [0.05, 0.1) is 0 Å². The standard InChI is InChI=1S/C12H15FN2S/c13-11-4-2-1-3-9(11)7-8-14-12(16)15-10-5-6-10/h1-4,10H,5-8H2,(H2,14,15,16). The Kier molecular flexibility index (Phi) is 3.72. The lowest BCUT2D eigenvalue weighted by Crippen LogP contribution is -2.37. The molecule has 0 heterocycles. The molecule has 1 saturated carbocycles. The first-order valence-corrected chi connectivity index (χ1v) is 5.94. The second-order valence-electron chi connectivity index (χ2n) is 4.02. The van der Waals surface area contributed by atoms with Crippen LogP contribution >= 0.6 is 12.2 Å². The third-order valence-corrected chi connectivity index (χ3v) is 2.81. The zero-order valence-corrected chi connectivity index (χ0v) is 9.82. The Morgan fingerprint density at radius 2 is 2.12 bits per heavy atom. The van der Waals surface area contributed by atoms with Crippen LogP contribution < -0.4 is 10.6 Å². The summed E-state index contributed by atoms with van der Waals surface area (Å²) in [5, 5.41) is 6.94. The molecule has 2 nitrogen and oxygen atoms in total. The zero-order valence-electron chi connectivity index (χ0n) is 9.00. The van der Waals surface area contributed by atoms with Crippen molar-refractivity contribution in [2.75, 3.05) is 6.54 Å². The van der Waals surface area contributed by atoms with Crippen molar-refractivity contribution in [3.05, 3.63) is 35.6 Å². The predicted molar refractivity (Wildman–Crippen MR) is 66.9 cm³/mol. The van der Waals surface area contributed by atoms with Crippen LogP contribution in [0, 0.1) is 5.82 Å². The van der Waals surface area contributed by atoms with Crippen LogP contribution in [0.25, 0.3) is 0 Å². The van der Waals surface area contributed by atoms with E-state index in [1.165, 1.54) is 18.9 Å². The molecule has 1 fully saturated rings. The van der Waals surface area contributed by atoms with Crippen molar-refractivity contribution in [3.63, 3.8) is 0 Å². The minimum Gasteiger partial charge on any atom is -0.362 e. The van der Waals surface area contributed by atoms with E-state index in [2.05, 4.69) is 10.6 Å². The second kappa shape index (κ2) is 5.25. The third-order valence-electron chi connectivity index (χ3n) is 2.55. The average Bonchev–Trinajstić information content (AvgIpc) is 3.05. The van der Waals surface area contributed by atoms with Gasteiger partial charge in [0, 0.05) is 12.6 Å². The molecule has 0 bridgehead atoms. The SMILES string of the molecule is Fc1ccccc1CCNC(=S)NC1CC1. The van der Waals surface area contributed by atoms with Crippen LogP contribution in [0.4, 0.5) is 4.39 Å². The number of hydrogen-bond donors (Lipinski definition) is 2. The highest BCUT2D eigenvalue weighted by Gasteiger charge is 2.21. The first kappa shape index (κ1) is 11.3. The van der Waals surface area contributed by atoms with Gasteiger partial charge in [0.1, 0.15) is 5.82 Å². The number of thiocarbonyl (C=S) groups is 1. The molecule has 0 amide bonds. The van der Waals surface area contributed by atoms with E-state index >= 15 is 0 Å². The Morgan fingerprint density at radius 3 is 2.81 bits per heavy atom. The van der Waals surface area contributed by atoms with Crippen LogP contribution in [0.5, 0.6) is 0 Å². The molecule has 16 heavy (non-hydrogen) atoms.